The first-order chi connectivity index (χ1) is 16.4. The monoisotopic (exact) mass is 466 g/mol. The maximum atomic E-state index is 12.9. The molecule has 2 aromatic carbocycles. The Morgan fingerprint density at radius 2 is 1.65 bits per heavy atom. The number of halogens is 3. The Hall–Kier alpha value is -3.95. The molecule has 174 valence electrons. The van der Waals surface area contributed by atoms with Crippen molar-refractivity contribution >= 4 is 22.8 Å². The topological polar surface area (TPSA) is 67.2 Å². The minimum atomic E-state index is -4.41. The molecule has 1 fully saturated rings. The van der Waals surface area contributed by atoms with Crippen molar-refractivity contribution in [3.8, 4) is 0 Å². The molecule has 3 heterocycles. The first-order valence-corrected chi connectivity index (χ1v) is 10.8. The fourth-order valence-electron chi connectivity index (χ4n) is 4.02. The van der Waals surface area contributed by atoms with Crippen molar-refractivity contribution in [2.45, 2.75) is 12.7 Å². The molecule has 1 aliphatic rings. The highest BCUT2D eigenvalue weighted by atomic mass is 19.4. The lowest BCUT2D eigenvalue weighted by molar-refractivity contribution is -0.137. The summed E-state index contributed by atoms with van der Waals surface area (Å²) in [4.78, 5) is 20.5. The van der Waals surface area contributed by atoms with E-state index in [9.17, 15) is 18.0 Å². The average Bonchev–Trinajstić information content (AvgIpc) is 3.26. The van der Waals surface area contributed by atoms with Crippen molar-refractivity contribution in [2.75, 3.05) is 31.1 Å². The zero-order valence-corrected chi connectivity index (χ0v) is 18.1. The number of nitrogens with zero attached hydrogens (tertiary/aromatic N) is 6. The molecule has 0 atom stereocenters. The van der Waals surface area contributed by atoms with E-state index in [0.717, 1.165) is 28.9 Å². The summed E-state index contributed by atoms with van der Waals surface area (Å²) in [6.07, 6.45) is -3.56. The van der Waals surface area contributed by atoms with Crippen molar-refractivity contribution in [3.63, 3.8) is 0 Å². The molecule has 0 saturated carbocycles. The molecule has 1 aliphatic heterocycles. The Bertz CT molecular complexity index is 1290. The molecule has 7 nitrogen and oxygen atoms in total. The number of amides is 1. The lowest BCUT2D eigenvalue weighted by Crippen LogP contribution is -2.49. The summed E-state index contributed by atoms with van der Waals surface area (Å²) in [6, 6.07) is 17.6. The highest BCUT2D eigenvalue weighted by Gasteiger charge is 2.31. The van der Waals surface area contributed by atoms with Gasteiger partial charge in [0.15, 0.2) is 0 Å². The van der Waals surface area contributed by atoms with Gasteiger partial charge in [0.25, 0.3) is 5.91 Å². The van der Waals surface area contributed by atoms with Gasteiger partial charge in [-0.3, -0.25) is 4.79 Å². The molecule has 0 aliphatic carbocycles. The van der Waals surface area contributed by atoms with Crippen LogP contribution in [0.5, 0.6) is 0 Å². The van der Waals surface area contributed by atoms with Crippen LogP contribution < -0.4 is 4.90 Å². The minimum Gasteiger partial charge on any atom is -0.353 e. The van der Waals surface area contributed by atoms with Crippen LogP contribution in [0.3, 0.4) is 0 Å². The molecule has 2 aromatic heterocycles. The van der Waals surface area contributed by atoms with Gasteiger partial charge < -0.3 is 9.80 Å². The van der Waals surface area contributed by atoms with Crippen LogP contribution >= 0.6 is 0 Å². The first-order valence-electron chi connectivity index (χ1n) is 10.8. The van der Waals surface area contributed by atoms with E-state index in [1.165, 1.54) is 6.07 Å². The summed E-state index contributed by atoms with van der Waals surface area (Å²) in [5.41, 5.74) is 2.60. The van der Waals surface area contributed by atoms with Gasteiger partial charge in [-0.15, -0.1) is 5.10 Å². The number of hydrogen-bond donors (Lipinski definition) is 0. The molecule has 0 spiro atoms. The number of carbonyl (C=O) groups is 1. The maximum Gasteiger partial charge on any atom is 0.417 e. The molecule has 5 rings (SSSR count). The number of fused-ring (bicyclic) bond motifs is 1. The molecule has 1 amide bonds. The number of alkyl halides is 3. The number of pyridine rings is 1. The number of benzene rings is 2. The number of para-hydroxylation sites is 1. The number of carbonyl (C=O) groups excluding carboxylic acids is 1. The van der Waals surface area contributed by atoms with E-state index < -0.39 is 11.7 Å². The standard InChI is InChI=1S/C24H21F3N6O/c25-24(26,27)19-9-10-22(28-15-19)31-11-13-32(14-12-31)23(34)18-7-5-17(6-8-18)16-33-21-4-2-1-3-20(21)29-30-33/h1-10,15H,11-14,16H2. The lowest BCUT2D eigenvalue weighted by atomic mass is 10.1. The van der Waals surface area contributed by atoms with E-state index in [2.05, 4.69) is 15.3 Å². The number of anilines is 1. The van der Waals surface area contributed by atoms with E-state index in [1.54, 1.807) is 17.0 Å². The molecule has 0 N–H and O–H groups in total. The number of hydrogen-bond acceptors (Lipinski definition) is 5. The smallest absolute Gasteiger partial charge is 0.353 e. The highest BCUT2D eigenvalue weighted by molar-refractivity contribution is 5.94. The SMILES string of the molecule is O=C(c1ccc(Cn2nnc3ccccc32)cc1)N1CCN(c2ccc(C(F)(F)F)cn2)CC1. The van der Waals surface area contributed by atoms with Crippen LogP contribution in [0.2, 0.25) is 0 Å². The Morgan fingerprint density at radius 1 is 0.912 bits per heavy atom. The third-order valence-corrected chi connectivity index (χ3v) is 5.92. The van der Waals surface area contributed by atoms with Gasteiger partial charge >= 0.3 is 6.18 Å². The highest BCUT2D eigenvalue weighted by Crippen LogP contribution is 2.29. The van der Waals surface area contributed by atoms with Crippen molar-refractivity contribution in [1.82, 2.24) is 24.9 Å². The fraction of sp³-hybridized carbons (Fsp3) is 0.250. The first kappa shape index (κ1) is 21.9. The molecule has 0 unspecified atom stereocenters. The molecular formula is C24H21F3N6O. The van der Waals surface area contributed by atoms with Crippen LogP contribution in [-0.2, 0) is 12.7 Å². The Morgan fingerprint density at radius 3 is 2.32 bits per heavy atom. The maximum absolute atomic E-state index is 12.9. The molecule has 4 aromatic rings. The zero-order chi connectivity index (χ0) is 23.7. The van der Waals surface area contributed by atoms with Gasteiger partial charge in [-0.2, -0.15) is 13.2 Å². The second kappa shape index (κ2) is 8.77. The lowest BCUT2D eigenvalue weighted by Gasteiger charge is -2.35. The summed E-state index contributed by atoms with van der Waals surface area (Å²) in [7, 11) is 0. The van der Waals surface area contributed by atoms with Gasteiger partial charge in [0, 0.05) is 37.9 Å². The van der Waals surface area contributed by atoms with Crippen molar-refractivity contribution in [3.05, 3.63) is 83.6 Å². The van der Waals surface area contributed by atoms with Crippen LogP contribution in [0.4, 0.5) is 19.0 Å². The van der Waals surface area contributed by atoms with Gasteiger partial charge in [0.1, 0.15) is 11.3 Å². The Labute approximate surface area is 193 Å². The quantitative estimate of drug-likeness (QED) is 0.457. The molecule has 0 bridgehead atoms. The predicted octanol–water partition coefficient (Wildman–Crippen LogP) is 3.86. The summed E-state index contributed by atoms with van der Waals surface area (Å²) in [5.74, 6) is 0.405. The third kappa shape index (κ3) is 4.43. The molecule has 0 radical (unpaired) electrons. The van der Waals surface area contributed by atoms with E-state index in [-0.39, 0.29) is 5.91 Å². The minimum absolute atomic E-state index is 0.0715. The summed E-state index contributed by atoms with van der Waals surface area (Å²) >= 11 is 0. The van der Waals surface area contributed by atoms with Gasteiger partial charge in [-0.25, -0.2) is 9.67 Å². The average molecular weight is 466 g/mol. The summed E-state index contributed by atoms with van der Waals surface area (Å²) in [6.45, 7) is 2.49. The Balaban J connectivity index is 1.19. The number of aromatic nitrogens is 4. The molecule has 34 heavy (non-hydrogen) atoms. The summed E-state index contributed by atoms with van der Waals surface area (Å²) < 4.78 is 40.0. The third-order valence-electron chi connectivity index (χ3n) is 5.92. The normalized spacial score (nSPS) is 14.6. The predicted molar refractivity (Wildman–Crippen MR) is 120 cm³/mol. The van der Waals surface area contributed by atoms with Crippen LogP contribution in [0, 0.1) is 0 Å². The fourth-order valence-corrected chi connectivity index (χ4v) is 4.02. The van der Waals surface area contributed by atoms with Crippen molar-refractivity contribution in [1.29, 1.82) is 0 Å². The van der Waals surface area contributed by atoms with E-state index >= 15 is 0 Å². The van der Waals surface area contributed by atoms with Gasteiger partial charge in [-0.05, 0) is 42.0 Å². The van der Waals surface area contributed by atoms with Crippen molar-refractivity contribution < 1.29 is 18.0 Å². The van der Waals surface area contributed by atoms with Gasteiger partial charge in [0.2, 0.25) is 0 Å². The van der Waals surface area contributed by atoms with E-state index in [4.69, 9.17) is 0 Å². The largest absolute Gasteiger partial charge is 0.417 e. The number of piperazine rings is 1. The van der Waals surface area contributed by atoms with Gasteiger partial charge in [0.05, 0.1) is 17.6 Å². The second-order valence-corrected chi connectivity index (χ2v) is 8.11. The van der Waals surface area contributed by atoms with Crippen LogP contribution in [-0.4, -0.2) is 57.0 Å². The summed E-state index contributed by atoms with van der Waals surface area (Å²) in [5, 5.41) is 8.35. The van der Waals surface area contributed by atoms with Gasteiger partial charge in [-0.1, -0.05) is 29.5 Å². The van der Waals surface area contributed by atoms with E-state index in [1.807, 2.05) is 46.0 Å². The molecule has 10 heteroatoms. The van der Waals surface area contributed by atoms with Crippen LogP contribution in [0.1, 0.15) is 21.5 Å². The number of rotatable bonds is 4. The van der Waals surface area contributed by atoms with Crippen LogP contribution in [0.15, 0.2) is 66.9 Å². The van der Waals surface area contributed by atoms with Crippen LogP contribution in [0.25, 0.3) is 11.0 Å². The molecular weight excluding hydrogens is 445 g/mol. The van der Waals surface area contributed by atoms with Crippen molar-refractivity contribution in [2.24, 2.45) is 0 Å². The molecule has 1 saturated heterocycles. The second-order valence-electron chi connectivity index (χ2n) is 8.11. The van der Waals surface area contributed by atoms with E-state index in [0.29, 0.717) is 44.1 Å². The zero-order valence-electron chi connectivity index (χ0n) is 18.1. The Kier molecular flexibility index (Phi) is 5.64.